The molecule has 5 heteroatoms. The van der Waals surface area contributed by atoms with Crippen molar-refractivity contribution < 1.29 is 0 Å². The van der Waals surface area contributed by atoms with Crippen LogP contribution >= 0.6 is 34.4 Å². The molecule has 0 fully saturated rings. The highest BCUT2D eigenvalue weighted by Gasteiger charge is 2.08. The second-order valence-corrected chi connectivity index (χ2v) is 6.39. The van der Waals surface area contributed by atoms with Crippen LogP contribution in [0.3, 0.4) is 0 Å². The van der Waals surface area contributed by atoms with Crippen molar-refractivity contribution in [3.63, 3.8) is 0 Å². The van der Waals surface area contributed by atoms with E-state index < -0.39 is 0 Å². The van der Waals surface area contributed by atoms with Crippen molar-refractivity contribution in [2.45, 2.75) is 9.10 Å². The van der Waals surface area contributed by atoms with Gasteiger partial charge in [0.2, 0.25) is 0 Å². The standard InChI is InChI=1S/C11H8N2S3/c12-10-7(16-9-2-1-5-14-9)3-4-8-11(10)13-6-15-8/h1-6H,12H2. The summed E-state index contributed by atoms with van der Waals surface area (Å²) in [6, 6.07) is 8.30. The van der Waals surface area contributed by atoms with E-state index in [0.29, 0.717) is 0 Å². The van der Waals surface area contributed by atoms with Crippen LogP contribution in [0.4, 0.5) is 5.69 Å². The van der Waals surface area contributed by atoms with E-state index in [9.17, 15) is 0 Å². The van der Waals surface area contributed by atoms with Gasteiger partial charge in [0.15, 0.2) is 0 Å². The molecule has 0 amide bonds. The molecule has 16 heavy (non-hydrogen) atoms. The number of nitrogens with two attached hydrogens (primary N) is 1. The fraction of sp³-hybridized carbons (Fsp3) is 0. The third-order valence-electron chi connectivity index (χ3n) is 2.21. The second-order valence-electron chi connectivity index (χ2n) is 3.21. The molecule has 0 radical (unpaired) electrons. The van der Waals surface area contributed by atoms with Gasteiger partial charge in [-0.15, -0.1) is 22.7 Å². The molecule has 0 spiro atoms. The maximum atomic E-state index is 6.11. The van der Waals surface area contributed by atoms with Gasteiger partial charge in [0.25, 0.3) is 0 Å². The molecule has 2 N–H and O–H groups in total. The number of nitrogen functional groups attached to an aromatic ring is 1. The van der Waals surface area contributed by atoms with Crippen molar-refractivity contribution in [1.29, 1.82) is 0 Å². The summed E-state index contributed by atoms with van der Waals surface area (Å²) >= 11 is 5.04. The SMILES string of the molecule is Nc1c(Sc2cccs2)ccc2scnc12. The molecule has 3 rings (SSSR count). The predicted molar refractivity (Wildman–Crippen MR) is 72.5 cm³/mol. The lowest BCUT2D eigenvalue weighted by molar-refractivity contribution is 1.43. The number of thiophene rings is 1. The number of benzene rings is 1. The Hall–Kier alpha value is -1.04. The zero-order chi connectivity index (χ0) is 11.0. The van der Waals surface area contributed by atoms with Crippen molar-refractivity contribution in [1.82, 2.24) is 4.98 Å². The Morgan fingerprint density at radius 3 is 2.94 bits per heavy atom. The van der Waals surface area contributed by atoms with Crippen LogP contribution in [0.15, 0.2) is 44.3 Å². The van der Waals surface area contributed by atoms with Gasteiger partial charge in [-0.3, -0.25) is 0 Å². The van der Waals surface area contributed by atoms with Gasteiger partial charge in [-0.05, 0) is 23.6 Å². The van der Waals surface area contributed by atoms with E-state index in [1.807, 2.05) is 11.6 Å². The summed E-state index contributed by atoms with van der Waals surface area (Å²) in [5.41, 5.74) is 9.65. The fourth-order valence-electron chi connectivity index (χ4n) is 1.45. The van der Waals surface area contributed by atoms with E-state index in [0.717, 1.165) is 20.8 Å². The molecule has 0 saturated heterocycles. The van der Waals surface area contributed by atoms with Crippen molar-refractivity contribution in [2.24, 2.45) is 0 Å². The molecule has 0 aliphatic heterocycles. The normalized spacial score (nSPS) is 11.0. The molecule has 2 nitrogen and oxygen atoms in total. The number of hydrogen-bond acceptors (Lipinski definition) is 5. The highest BCUT2D eigenvalue weighted by molar-refractivity contribution is 8.01. The van der Waals surface area contributed by atoms with Crippen LogP contribution in [0.5, 0.6) is 0 Å². The van der Waals surface area contributed by atoms with Gasteiger partial charge in [-0.25, -0.2) is 4.98 Å². The monoisotopic (exact) mass is 264 g/mol. The minimum Gasteiger partial charge on any atom is -0.396 e. The minimum atomic E-state index is 0.789. The summed E-state index contributed by atoms with van der Waals surface area (Å²) < 4.78 is 2.40. The van der Waals surface area contributed by atoms with Gasteiger partial charge in [0, 0.05) is 4.90 Å². The lowest BCUT2D eigenvalue weighted by atomic mass is 10.3. The average molecular weight is 264 g/mol. The van der Waals surface area contributed by atoms with Gasteiger partial charge in [0.05, 0.1) is 20.1 Å². The molecule has 3 aromatic rings. The summed E-state index contributed by atoms with van der Waals surface area (Å²) in [5.74, 6) is 0. The van der Waals surface area contributed by atoms with Gasteiger partial charge >= 0.3 is 0 Å². The lowest BCUT2D eigenvalue weighted by Crippen LogP contribution is -1.89. The summed E-state index contributed by atoms with van der Waals surface area (Å²) in [6.45, 7) is 0. The third kappa shape index (κ3) is 1.71. The molecule has 0 saturated carbocycles. The Labute approximate surface area is 105 Å². The van der Waals surface area contributed by atoms with Gasteiger partial charge in [0.1, 0.15) is 5.52 Å². The first-order valence-corrected chi connectivity index (χ1v) is 7.25. The highest BCUT2D eigenvalue weighted by Crippen LogP contribution is 2.38. The van der Waals surface area contributed by atoms with Crippen LogP contribution in [-0.2, 0) is 0 Å². The van der Waals surface area contributed by atoms with Crippen LogP contribution < -0.4 is 5.73 Å². The molecular formula is C11H8N2S3. The van der Waals surface area contributed by atoms with E-state index in [-0.39, 0.29) is 0 Å². The summed E-state index contributed by atoms with van der Waals surface area (Å²) in [5, 5.41) is 2.07. The maximum Gasteiger partial charge on any atom is 0.105 e. The van der Waals surface area contributed by atoms with Gasteiger partial charge < -0.3 is 5.73 Å². The first-order valence-electron chi connectivity index (χ1n) is 4.67. The quantitative estimate of drug-likeness (QED) is 0.708. The lowest BCUT2D eigenvalue weighted by Gasteiger charge is -2.03. The van der Waals surface area contributed by atoms with E-state index in [4.69, 9.17) is 5.73 Å². The van der Waals surface area contributed by atoms with Crippen LogP contribution in [0.2, 0.25) is 0 Å². The van der Waals surface area contributed by atoms with Gasteiger partial charge in [-0.1, -0.05) is 17.8 Å². The third-order valence-corrected chi connectivity index (χ3v) is 5.11. The predicted octanol–water partition coefficient (Wildman–Crippen LogP) is 4.09. The Morgan fingerprint density at radius 1 is 1.19 bits per heavy atom. The molecule has 80 valence electrons. The van der Waals surface area contributed by atoms with E-state index >= 15 is 0 Å². The Bertz CT molecular complexity index is 613. The Morgan fingerprint density at radius 2 is 2.12 bits per heavy atom. The molecule has 1 aromatic carbocycles. The van der Waals surface area contributed by atoms with Crippen LogP contribution in [0.1, 0.15) is 0 Å². The van der Waals surface area contributed by atoms with Crippen LogP contribution in [-0.4, -0.2) is 4.98 Å². The molecule has 0 atom stereocenters. The highest BCUT2D eigenvalue weighted by atomic mass is 32.2. The van der Waals surface area contributed by atoms with Gasteiger partial charge in [-0.2, -0.15) is 0 Å². The van der Waals surface area contributed by atoms with Crippen molar-refractivity contribution >= 4 is 50.3 Å². The summed E-state index contributed by atoms with van der Waals surface area (Å²) in [6.07, 6.45) is 0. The van der Waals surface area contributed by atoms with Crippen molar-refractivity contribution in [3.8, 4) is 0 Å². The summed E-state index contributed by atoms with van der Waals surface area (Å²) in [4.78, 5) is 5.38. The number of rotatable bonds is 2. The number of nitrogens with zero attached hydrogens (tertiary/aromatic N) is 1. The molecule has 0 aliphatic rings. The van der Waals surface area contributed by atoms with Crippen molar-refractivity contribution in [3.05, 3.63) is 35.2 Å². The first kappa shape index (κ1) is 10.1. The van der Waals surface area contributed by atoms with Crippen LogP contribution in [0, 0.1) is 0 Å². The molecule has 0 unspecified atom stereocenters. The number of anilines is 1. The van der Waals surface area contributed by atoms with Crippen LogP contribution in [0.25, 0.3) is 10.2 Å². The average Bonchev–Trinajstić information content (AvgIpc) is 2.93. The minimum absolute atomic E-state index is 0.789. The molecule has 2 aromatic heterocycles. The first-order chi connectivity index (χ1) is 7.84. The molecule has 2 heterocycles. The van der Waals surface area contributed by atoms with E-state index in [1.54, 1.807) is 34.4 Å². The van der Waals surface area contributed by atoms with E-state index in [1.165, 1.54) is 4.21 Å². The number of fused-ring (bicyclic) bond motifs is 1. The second kappa shape index (κ2) is 4.08. The zero-order valence-electron chi connectivity index (χ0n) is 8.21. The smallest absolute Gasteiger partial charge is 0.105 e. The topological polar surface area (TPSA) is 38.9 Å². The Kier molecular flexibility index (Phi) is 2.59. The molecular weight excluding hydrogens is 256 g/mol. The van der Waals surface area contributed by atoms with Crippen molar-refractivity contribution in [2.75, 3.05) is 5.73 Å². The number of hydrogen-bond donors (Lipinski definition) is 1. The maximum absolute atomic E-state index is 6.11. The Balaban J connectivity index is 2.07. The molecule has 0 bridgehead atoms. The number of thiazole rings is 1. The number of aromatic nitrogens is 1. The van der Waals surface area contributed by atoms with E-state index in [2.05, 4.69) is 28.6 Å². The summed E-state index contributed by atoms with van der Waals surface area (Å²) in [7, 11) is 0. The molecule has 0 aliphatic carbocycles. The fourth-order valence-corrected chi connectivity index (χ4v) is 3.93. The largest absolute Gasteiger partial charge is 0.396 e. The zero-order valence-corrected chi connectivity index (χ0v) is 10.7.